The van der Waals surface area contributed by atoms with Crippen LogP contribution in [0.2, 0.25) is 5.02 Å². The Morgan fingerprint density at radius 1 is 1.03 bits per heavy atom. The molecule has 4 aromatic rings. The fourth-order valence-corrected chi connectivity index (χ4v) is 4.37. The van der Waals surface area contributed by atoms with Gasteiger partial charge in [-0.2, -0.15) is 13.2 Å². The van der Waals surface area contributed by atoms with Crippen LogP contribution in [0, 0.1) is 17.5 Å². The highest BCUT2D eigenvalue weighted by molar-refractivity contribution is 6.31. The second-order valence-electron chi connectivity index (χ2n) is 7.56. The Balaban J connectivity index is 1.74. The van der Waals surface area contributed by atoms with Gasteiger partial charge in [0.15, 0.2) is 17.5 Å². The van der Waals surface area contributed by atoms with E-state index in [-0.39, 0.29) is 18.1 Å². The molecule has 0 fully saturated rings. The second-order valence-corrected chi connectivity index (χ2v) is 7.99. The number of rotatable bonds is 2. The molecule has 11 heteroatoms. The summed E-state index contributed by atoms with van der Waals surface area (Å²) in [5.74, 6) is -4.82. The Kier molecular flexibility index (Phi) is 5.00. The van der Waals surface area contributed by atoms with Gasteiger partial charge in [-0.15, -0.1) is 0 Å². The highest BCUT2D eigenvalue weighted by Crippen LogP contribution is 2.42. The summed E-state index contributed by atoms with van der Waals surface area (Å²) in [5.41, 5.74) is 0.359. The number of alkyl halides is 3. The van der Waals surface area contributed by atoms with Crippen molar-refractivity contribution in [3.8, 4) is 0 Å². The van der Waals surface area contributed by atoms with Crippen molar-refractivity contribution in [2.75, 3.05) is 11.4 Å². The number of hydrogen-bond donors (Lipinski definition) is 1. The van der Waals surface area contributed by atoms with Crippen LogP contribution < -0.4 is 4.90 Å². The Morgan fingerprint density at radius 2 is 1.82 bits per heavy atom. The number of hydrogen-bond acceptors (Lipinski definition) is 3. The van der Waals surface area contributed by atoms with Crippen molar-refractivity contribution in [1.82, 2.24) is 15.0 Å². The highest BCUT2D eigenvalue weighted by Gasteiger charge is 2.38. The average molecular weight is 483 g/mol. The summed E-state index contributed by atoms with van der Waals surface area (Å²) in [4.78, 5) is 12.0. The SMILES string of the molecule is Fc1ccc(C2c3[nH]c4ccc(Cl)cc4c3CCN2c2nccc(C(F)(F)F)n2)c(F)c1F. The number of benzene rings is 2. The van der Waals surface area contributed by atoms with Crippen molar-refractivity contribution in [3.05, 3.63) is 87.6 Å². The third-order valence-corrected chi connectivity index (χ3v) is 5.87. The molecule has 3 heterocycles. The van der Waals surface area contributed by atoms with Gasteiger partial charge in [0.2, 0.25) is 5.95 Å². The average Bonchev–Trinajstić information content (AvgIpc) is 3.15. The minimum absolute atomic E-state index is 0.0941. The number of fused-ring (bicyclic) bond motifs is 3. The molecule has 0 saturated carbocycles. The van der Waals surface area contributed by atoms with Crippen molar-refractivity contribution >= 4 is 28.5 Å². The smallest absolute Gasteiger partial charge is 0.356 e. The fourth-order valence-electron chi connectivity index (χ4n) is 4.20. The van der Waals surface area contributed by atoms with Crippen LogP contribution in [-0.4, -0.2) is 21.5 Å². The van der Waals surface area contributed by atoms with Crippen molar-refractivity contribution < 1.29 is 26.3 Å². The highest BCUT2D eigenvalue weighted by atomic mass is 35.5. The zero-order valence-corrected chi connectivity index (χ0v) is 17.3. The standard InChI is InChI=1S/C22H13ClF6N4/c23-10-1-4-15-13(9-10)11-6-8-33(21-30-7-5-16(32-21)22(27,28)29)20(19(11)31-15)12-2-3-14(24)18(26)17(12)25/h1-5,7,9,20,31H,6,8H2. The molecule has 2 aromatic carbocycles. The molecule has 0 bridgehead atoms. The number of nitrogens with one attached hydrogen (secondary N) is 1. The van der Waals surface area contributed by atoms with E-state index in [1.54, 1.807) is 18.2 Å². The predicted octanol–water partition coefficient (Wildman–Crippen LogP) is 6.20. The van der Waals surface area contributed by atoms with Gasteiger partial charge in [0.1, 0.15) is 11.7 Å². The van der Waals surface area contributed by atoms with Gasteiger partial charge >= 0.3 is 6.18 Å². The minimum Gasteiger partial charge on any atom is -0.356 e. The van der Waals surface area contributed by atoms with Crippen LogP contribution in [0.15, 0.2) is 42.6 Å². The largest absolute Gasteiger partial charge is 0.433 e. The van der Waals surface area contributed by atoms with Gasteiger partial charge in [0, 0.05) is 39.9 Å². The zero-order chi connectivity index (χ0) is 23.5. The fraction of sp³-hybridized carbons (Fsp3) is 0.182. The van der Waals surface area contributed by atoms with E-state index in [9.17, 15) is 26.3 Å². The molecule has 2 aromatic heterocycles. The van der Waals surface area contributed by atoms with Gasteiger partial charge in [-0.25, -0.2) is 23.1 Å². The molecular weight excluding hydrogens is 470 g/mol. The second kappa shape index (κ2) is 7.65. The van der Waals surface area contributed by atoms with Gasteiger partial charge < -0.3 is 9.88 Å². The Hall–Kier alpha value is -3.27. The Morgan fingerprint density at radius 3 is 2.58 bits per heavy atom. The van der Waals surface area contributed by atoms with Gasteiger partial charge in [-0.1, -0.05) is 17.7 Å². The van der Waals surface area contributed by atoms with Gasteiger partial charge in [-0.05, 0) is 42.3 Å². The maximum absolute atomic E-state index is 14.9. The van der Waals surface area contributed by atoms with Crippen LogP contribution in [0.3, 0.4) is 0 Å². The summed E-state index contributed by atoms with van der Waals surface area (Å²) >= 11 is 6.12. The molecule has 0 amide bonds. The number of halogens is 7. The zero-order valence-electron chi connectivity index (χ0n) is 16.5. The Labute approximate surface area is 187 Å². The molecule has 1 unspecified atom stereocenters. The molecule has 170 valence electrons. The van der Waals surface area contributed by atoms with E-state index in [4.69, 9.17) is 11.6 Å². The summed E-state index contributed by atoms with van der Waals surface area (Å²) in [6.07, 6.45) is -3.43. The molecule has 33 heavy (non-hydrogen) atoms. The summed E-state index contributed by atoms with van der Waals surface area (Å²) in [5, 5.41) is 1.21. The van der Waals surface area contributed by atoms with E-state index < -0.39 is 35.4 Å². The quantitative estimate of drug-likeness (QED) is 0.273. The lowest BCUT2D eigenvalue weighted by molar-refractivity contribution is -0.141. The van der Waals surface area contributed by atoms with Crippen LogP contribution >= 0.6 is 11.6 Å². The first-order valence-electron chi connectivity index (χ1n) is 9.75. The Bertz CT molecular complexity index is 1380. The summed E-state index contributed by atoms with van der Waals surface area (Å²) < 4.78 is 82.5. The molecule has 0 radical (unpaired) electrons. The number of anilines is 1. The number of aromatic nitrogens is 3. The molecule has 0 aliphatic carbocycles. The van der Waals surface area contributed by atoms with E-state index in [1.807, 2.05) is 0 Å². The first-order chi connectivity index (χ1) is 15.6. The monoisotopic (exact) mass is 482 g/mol. The predicted molar refractivity (Wildman–Crippen MR) is 110 cm³/mol. The van der Waals surface area contributed by atoms with Crippen LogP contribution in [-0.2, 0) is 12.6 Å². The van der Waals surface area contributed by atoms with Crippen LogP contribution in [0.25, 0.3) is 10.9 Å². The van der Waals surface area contributed by atoms with E-state index in [0.29, 0.717) is 22.7 Å². The molecule has 1 aliphatic heterocycles. The van der Waals surface area contributed by atoms with E-state index >= 15 is 0 Å². The van der Waals surface area contributed by atoms with Crippen LogP contribution in [0.1, 0.15) is 28.6 Å². The first-order valence-corrected chi connectivity index (χ1v) is 10.1. The third-order valence-electron chi connectivity index (χ3n) is 5.64. The van der Waals surface area contributed by atoms with Crippen LogP contribution in [0.4, 0.5) is 32.3 Å². The molecule has 0 saturated heterocycles. The van der Waals surface area contributed by atoms with Crippen molar-refractivity contribution in [2.24, 2.45) is 0 Å². The first kappa shape index (κ1) is 21.6. The minimum atomic E-state index is -4.72. The van der Waals surface area contributed by atoms with E-state index in [0.717, 1.165) is 35.3 Å². The number of nitrogens with zero attached hydrogens (tertiary/aromatic N) is 3. The molecule has 1 N–H and O–H groups in total. The van der Waals surface area contributed by atoms with Gasteiger partial charge in [-0.3, -0.25) is 0 Å². The molecule has 5 rings (SSSR count). The lowest BCUT2D eigenvalue weighted by Gasteiger charge is -2.36. The lowest BCUT2D eigenvalue weighted by Crippen LogP contribution is -2.38. The van der Waals surface area contributed by atoms with Gasteiger partial charge in [0.05, 0.1) is 0 Å². The number of aromatic amines is 1. The van der Waals surface area contributed by atoms with E-state index in [2.05, 4.69) is 15.0 Å². The molecule has 0 spiro atoms. The topological polar surface area (TPSA) is 44.8 Å². The maximum Gasteiger partial charge on any atom is 0.433 e. The lowest BCUT2D eigenvalue weighted by atomic mass is 9.92. The van der Waals surface area contributed by atoms with Gasteiger partial charge in [0.25, 0.3) is 0 Å². The summed E-state index contributed by atoms with van der Waals surface area (Å²) in [6, 6.07) is 6.47. The van der Waals surface area contributed by atoms with Crippen LogP contribution in [0.5, 0.6) is 0 Å². The normalized spacial score (nSPS) is 16.3. The van der Waals surface area contributed by atoms with E-state index in [1.165, 1.54) is 4.90 Å². The maximum atomic E-state index is 14.9. The van der Waals surface area contributed by atoms with Crippen molar-refractivity contribution in [2.45, 2.75) is 18.6 Å². The molecule has 4 nitrogen and oxygen atoms in total. The number of H-pyrrole nitrogens is 1. The third kappa shape index (κ3) is 3.58. The molecule has 1 aliphatic rings. The summed E-state index contributed by atoms with van der Waals surface area (Å²) in [7, 11) is 0. The van der Waals surface area contributed by atoms with Crippen molar-refractivity contribution in [1.29, 1.82) is 0 Å². The molecular formula is C22H13ClF6N4. The summed E-state index contributed by atoms with van der Waals surface area (Å²) in [6.45, 7) is 0.0941. The van der Waals surface area contributed by atoms with Crippen molar-refractivity contribution in [3.63, 3.8) is 0 Å². The molecule has 1 atom stereocenters.